The Bertz CT molecular complexity index is 748. The van der Waals surface area contributed by atoms with Crippen LogP contribution < -0.4 is 4.90 Å². The molecule has 1 saturated heterocycles. The van der Waals surface area contributed by atoms with Gasteiger partial charge in [0.25, 0.3) is 0 Å². The van der Waals surface area contributed by atoms with Crippen molar-refractivity contribution in [3.63, 3.8) is 0 Å². The molecule has 0 aliphatic carbocycles. The van der Waals surface area contributed by atoms with E-state index in [1.807, 2.05) is 31.9 Å². The molecule has 0 atom stereocenters. The zero-order valence-corrected chi connectivity index (χ0v) is 17.8. The third-order valence-corrected chi connectivity index (χ3v) is 5.28. The summed E-state index contributed by atoms with van der Waals surface area (Å²) in [5, 5.41) is 1.81. The largest absolute Gasteiger partial charge is 0.367 e. The molecule has 0 aromatic heterocycles. The van der Waals surface area contributed by atoms with E-state index >= 15 is 0 Å². The molecule has 3 rings (SSSR count). The first kappa shape index (κ1) is 19.9. The number of anilines is 2. The van der Waals surface area contributed by atoms with E-state index in [0.717, 1.165) is 30.4 Å². The summed E-state index contributed by atoms with van der Waals surface area (Å²) in [4.78, 5) is 20.1. The fourth-order valence-corrected chi connectivity index (χ4v) is 3.47. The average Bonchev–Trinajstić information content (AvgIpc) is 2.65. The van der Waals surface area contributed by atoms with Crippen LogP contribution in [0.25, 0.3) is 0 Å². The summed E-state index contributed by atoms with van der Waals surface area (Å²) in [5.74, 6) is -0.172. The van der Waals surface area contributed by atoms with Crippen LogP contribution in [0.2, 0.25) is 0 Å². The van der Waals surface area contributed by atoms with E-state index in [-0.39, 0.29) is 5.97 Å². The highest BCUT2D eigenvalue weighted by atomic mass is 79.9. The number of hydroxylamine groups is 2. The lowest BCUT2D eigenvalue weighted by Crippen LogP contribution is -2.45. The molecule has 0 saturated carbocycles. The van der Waals surface area contributed by atoms with Crippen LogP contribution in [0.4, 0.5) is 11.4 Å². The topological polar surface area (TPSA) is 32.8 Å². The molecule has 1 aliphatic heterocycles. The molecule has 0 bridgehead atoms. The van der Waals surface area contributed by atoms with E-state index in [0.29, 0.717) is 6.04 Å². The monoisotopic (exact) mass is 430 g/mol. The van der Waals surface area contributed by atoms with Crippen LogP contribution in [-0.2, 0) is 9.63 Å². The van der Waals surface area contributed by atoms with Crippen molar-refractivity contribution in [1.82, 2.24) is 5.06 Å². The zero-order valence-electron chi connectivity index (χ0n) is 16.2. The fraction of sp³-hybridized carbons (Fsp3) is 0.409. The van der Waals surface area contributed by atoms with Crippen molar-refractivity contribution in [1.29, 1.82) is 0 Å². The number of nitrogens with zero attached hydrogens (tertiary/aromatic N) is 2. The van der Waals surface area contributed by atoms with Crippen molar-refractivity contribution in [2.24, 2.45) is 5.41 Å². The summed E-state index contributed by atoms with van der Waals surface area (Å²) in [6.45, 7) is 7.13. The van der Waals surface area contributed by atoms with E-state index in [1.165, 1.54) is 11.4 Å². The lowest BCUT2D eigenvalue weighted by Gasteiger charge is -2.39. The van der Waals surface area contributed by atoms with Crippen molar-refractivity contribution in [2.45, 2.75) is 39.7 Å². The van der Waals surface area contributed by atoms with Gasteiger partial charge in [-0.15, -0.1) is 5.06 Å². The van der Waals surface area contributed by atoms with Gasteiger partial charge in [-0.25, -0.2) is 4.79 Å². The second-order valence-electron chi connectivity index (χ2n) is 7.97. The minimum atomic E-state index is -0.482. The molecule has 2 aromatic rings. The molecule has 0 unspecified atom stereocenters. The van der Waals surface area contributed by atoms with Crippen LogP contribution in [0.15, 0.2) is 59.1 Å². The first-order valence-electron chi connectivity index (χ1n) is 9.42. The van der Waals surface area contributed by atoms with Crippen molar-refractivity contribution < 1.29 is 9.63 Å². The number of rotatable bonds is 4. The van der Waals surface area contributed by atoms with Crippen LogP contribution in [0.1, 0.15) is 33.6 Å². The van der Waals surface area contributed by atoms with E-state index in [9.17, 15) is 4.79 Å². The van der Waals surface area contributed by atoms with Gasteiger partial charge in [0.05, 0.1) is 5.41 Å². The maximum absolute atomic E-state index is 12.1. The van der Waals surface area contributed by atoms with Crippen molar-refractivity contribution in [3.05, 3.63) is 59.1 Å². The van der Waals surface area contributed by atoms with Gasteiger partial charge >= 0.3 is 5.97 Å². The molecule has 27 heavy (non-hydrogen) atoms. The average molecular weight is 431 g/mol. The maximum atomic E-state index is 12.1. The summed E-state index contributed by atoms with van der Waals surface area (Å²) in [6.07, 6.45) is 1.87. The van der Waals surface area contributed by atoms with Crippen LogP contribution >= 0.6 is 15.9 Å². The molecule has 0 spiro atoms. The van der Waals surface area contributed by atoms with Crippen molar-refractivity contribution in [2.75, 3.05) is 18.0 Å². The lowest BCUT2D eigenvalue weighted by molar-refractivity contribution is -0.204. The standard InChI is InChI=1S/C22H27BrN2O2/c1-22(2,3)21(26)27-24-15-13-20(14-16-24)25(18-7-5-4-6-8-18)19-11-9-17(23)10-12-19/h4-12,20H,13-16H2,1-3H3. The van der Waals surface area contributed by atoms with E-state index in [1.54, 1.807) is 0 Å². The molecule has 0 radical (unpaired) electrons. The van der Waals surface area contributed by atoms with Gasteiger partial charge < -0.3 is 9.74 Å². The number of carbonyl (C=O) groups excluding carboxylic acids is 1. The number of hydrogen-bond acceptors (Lipinski definition) is 4. The molecular formula is C22H27BrN2O2. The number of halogens is 1. The Labute approximate surface area is 170 Å². The number of benzene rings is 2. The normalized spacial score (nSPS) is 16.1. The van der Waals surface area contributed by atoms with Crippen LogP contribution in [0, 0.1) is 5.41 Å². The molecule has 5 heteroatoms. The Kier molecular flexibility index (Phi) is 6.22. The first-order chi connectivity index (χ1) is 12.8. The molecule has 1 heterocycles. The highest BCUT2D eigenvalue weighted by Gasteiger charge is 2.30. The molecular weight excluding hydrogens is 404 g/mol. The second-order valence-corrected chi connectivity index (χ2v) is 8.89. The van der Waals surface area contributed by atoms with E-state index in [2.05, 4.69) is 69.4 Å². The van der Waals surface area contributed by atoms with E-state index < -0.39 is 5.41 Å². The minimum absolute atomic E-state index is 0.172. The number of para-hydroxylation sites is 1. The van der Waals surface area contributed by atoms with Crippen LogP contribution in [0.5, 0.6) is 0 Å². The molecule has 2 aromatic carbocycles. The summed E-state index contributed by atoms with van der Waals surface area (Å²) in [7, 11) is 0. The Morgan fingerprint density at radius 1 is 1.00 bits per heavy atom. The van der Waals surface area contributed by atoms with Crippen molar-refractivity contribution in [3.8, 4) is 0 Å². The Balaban J connectivity index is 1.73. The molecule has 1 fully saturated rings. The highest BCUT2D eigenvalue weighted by molar-refractivity contribution is 9.10. The van der Waals surface area contributed by atoms with Gasteiger partial charge in [-0.1, -0.05) is 34.1 Å². The molecule has 4 nitrogen and oxygen atoms in total. The van der Waals surface area contributed by atoms with Gasteiger partial charge in [0, 0.05) is 35.0 Å². The quantitative estimate of drug-likeness (QED) is 0.635. The molecule has 1 aliphatic rings. The number of hydrogen-bond donors (Lipinski definition) is 0. The van der Waals surface area contributed by atoms with Gasteiger partial charge in [-0.05, 0) is 70.0 Å². The predicted octanol–water partition coefficient (Wildman–Crippen LogP) is 5.56. The van der Waals surface area contributed by atoms with Gasteiger partial charge in [0.1, 0.15) is 0 Å². The molecule has 0 amide bonds. The van der Waals surface area contributed by atoms with Gasteiger partial charge in [-0.2, -0.15) is 0 Å². The maximum Gasteiger partial charge on any atom is 0.330 e. The smallest absolute Gasteiger partial charge is 0.330 e. The summed E-state index contributed by atoms with van der Waals surface area (Å²) in [5.41, 5.74) is 1.88. The second kappa shape index (κ2) is 8.44. The molecule has 0 N–H and O–H groups in total. The summed E-state index contributed by atoms with van der Waals surface area (Å²) < 4.78 is 1.07. The minimum Gasteiger partial charge on any atom is -0.367 e. The number of carbonyl (C=O) groups is 1. The van der Waals surface area contributed by atoms with Crippen LogP contribution in [0.3, 0.4) is 0 Å². The Hall–Kier alpha value is -1.85. The third-order valence-electron chi connectivity index (χ3n) is 4.75. The fourth-order valence-electron chi connectivity index (χ4n) is 3.21. The lowest BCUT2D eigenvalue weighted by atomic mass is 9.97. The van der Waals surface area contributed by atoms with Crippen LogP contribution in [-0.4, -0.2) is 30.2 Å². The first-order valence-corrected chi connectivity index (χ1v) is 10.2. The Morgan fingerprint density at radius 2 is 1.56 bits per heavy atom. The van der Waals surface area contributed by atoms with Gasteiger partial charge in [-0.3, -0.25) is 0 Å². The predicted molar refractivity (Wildman–Crippen MR) is 113 cm³/mol. The van der Waals surface area contributed by atoms with Crippen molar-refractivity contribution >= 4 is 33.3 Å². The molecule has 144 valence electrons. The Morgan fingerprint density at radius 3 is 2.11 bits per heavy atom. The highest BCUT2D eigenvalue weighted by Crippen LogP contribution is 2.33. The summed E-state index contributed by atoms with van der Waals surface area (Å²) >= 11 is 3.52. The number of piperidine rings is 1. The van der Waals surface area contributed by atoms with Gasteiger partial charge in [0.15, 0.2) is 0 Å². The van der Waals surface area contributed by atoms with E-state index in [4.69, 9.17) is 4.84 Å². The summed E-state index contributed by atoms with van der Waals surface area (Å²) in [6, 6.07) is 19.3. The third kappa shape index (κ3) is 5.11. The zero-order chi connectivity index (χ0) is 19.4. The van der Waals surface area contributed by atoms with Gasteiger partial charge in [0.2, 0.25) is 0 Å². The SMILES string of the molecule is CC(C)(C)C(=O)ON1CCC(N(c2ccccc2)c2ccc(Br)cc2)CC1.